The van der Waals surface area contributed by atoms with Gasteiger partial charge in [0.25, 0.3) is 0 Å². The molecule has 2 atom stereocenters. The van der Waals surface area contributed by atoms with Crippen LogP contribution >= 0.6 is 0 Å². The highest BCUT2D eigenvalue weighted by Crippen LogP contribution is 2.49. The normalized spacial score (nSPS) is 49.7. The van der Waals surface area contributed by atoms with Gasteiger partial charge in [-0.25, -0.2) is 0 Å². The minimum Gasteiger partial charge on any atom is -0.325 e. The summed E-state index contributed by atoms with van der Waals surface area (Å²) in [7, 11) is 0. The van der Waals surface area contributed by atoms with Crippen molar-refractivity contribution in [3.05, 3.63) is 0 Å². The van der Waals surface area contributed by atoms with E-state index in [1.807, 2.05) is 0 Å². The van der Waals surface area contributed by atoms with E-state index in [-0.39, 0.29) is 0 Å². The molecule has 2 aliphatic carbocycles. The Balaban J connectivity index is 2.00. The molecule has 1 heteroatoms. The van der Waals surface area contributed by atoms with Crippen LogP contribution in [-0.2, 0) is 0 Å². The number of nitrogens with two attached hydrogens (primary N) is 1. The van der Waals surface area contributed by atoms with Gasteiger partial charge in [0.05, 0.1) is 0 Å². The van der Waals surface area contributed by atoms with Gasteiger partial charge in [0.1, 0.15) is 0 Å². The van der Waals surface area contributed by atoms with E-state index in [4.69, 9.17) is 5.73 Å². The van der Waals surface area contributed by atoms with Crippen molar-refractivity contribution in [3.63, 3.8) is 0 Å². The van der Waals surface area contributed by atoms with Gasteiger partial charge in [0.2, 0.25) is 0 Å². The molecule has 0 aliphatic heterocycles. The molecule has 0 heterocycles. The van der Waals surface area contributed by atoms with E-state index in [2.05, 4.69) is 0 Å². The van der Waals surface area contributed by atoms with Gasteiger partial charge >= 0.3 is 0 Å². The third-order valence-electron chi connectivity index (χ3n) is 2.97. The lowest BCUT2D eigenvalue weighted by molar-refractivity contribution is 0.556. The minimum absolute atomic E-state index is 0.330. The van der Waals surface area contributed by atoms with E-state index >= 15 is 0 Å². The van der Waals surface area contributed by atoms with Crippen LogP contribution in [0.5, 0.6) is 0 Å². The van der Waals surface area contributed by atoms with Crippen LogP contribution in [0.1, 0.15) is 38.5 Å². The summed E-state index contributed by atoms with van der Waals surface area (Å²) < 4.78 is 0. The van der Waals surface area contributed by atoms with Crippen LogP contribution in [0.25, 0.3) is 0 Å². The van der Waals surface area contributed by atoms with Crippen LogP contribution in [0.2, 0.25) is 0 Å². The van der Waals surface area contributed by atoms with Crippen LogP contribution in [0.3, 0.4) is 0 Å². The van der Waals surface area contributed by atoms with Crippen molar-refractivity contribution in [3.8, 4) is 0 Å². The van der Waals surface area contributed by atoms with Gasteiger partial charge in [-0.3, -0.25) is 0 Å². The molecule has 2 saturated carbocycles. The summed E-state index contributed by atoms with van der Waals surface area (Å²) >= 11 is 0. The number of rotatable bonds is 0. The van der Waals surface area contributed by atoms with E-state index in [9.17, 15) is 0 Å². The summed E-state index contributed by atoms with van der Waals surface area (Å²) in [4.78, 5) is 0. The van der Waals surface area contributed by atoms with Gasteiger partial charge in [-0.2, -0.15) is 0 Å². The first-order chi connectivity index (χ1) is 4.31. The lowest BCUT2D eigenvalue weighted by Gasteiger charge is -2.05. The van der Waals surface area contributed by atoms with E-state index in [0.29, 0.717) is 5.54 Å². The smallest absolute Gasteiger partial charge is 0.0186 e. The predicted octanol–water partition coefficient (Wildman–Crippen LogP) is 1.67. The third-order valence-corrected chi connectivity index (χ3v) is 2.97. The lowest BCUT2D eigenvalue weighted by Crippen LogP contribution is -2.23. The monoisotopic (exact) mass is 125 g/mol. The highest BCUT2D eigenvalue weighted by Gasteiger charge is 2.50. The number of hydrogen-bond acceptors (Lipinski definition) is 1. The van der Waals surface area contributed by atoms with Crippen molar-refractivity contribution in [2.24, 2.45) is 11.7 Å². The Morgan fingerprint density at radius 3 is 3.00 bits per heavy atom. The van der Waals surface area contributed by atoms with Crippen molar-refractivity contribution in [2.45, 2.75) is 44.1 Å². The highest BCUT2D eigenvalue weighted by molar-refractivity contribution is 5.08. The second-order valence-corrected chi connectivity index (χ2v) is 3.73. The second kappa shape index (κ2) is 1.72. The quantitative estimate of drug-likeness (QED) is 0.523. The zero-order valence-corrected chi connectivity index (χ0v) is 5.90. The number of fused-ring (bicyclic) bond motifs is 1. The largest absolute Gasteiger partial charge is 0.325 e. The minimum atomic E-state index is 0.330. The molecule has 9 heavy (non-hydrogen) atoms. The second-order valence-electron chi connectivity index (χ2n) is 3.73. The molecule has 52 valence electrons. The average molecular weight is 125 g/mol. The average Bonchev–Trinajstić information content (AvgIpc) is 2.40. The van der Waals surface area contributed by atoms with Gasteiger partial charge in [-0.05, 0) is 25.2 Å². The standard InChI is InChI=1S/C8H15N/c9-8-5-3-1-2-4-7(8)6-8/h7H,1-6,9H2/t7-,8-/m0/s1. The maximum absolute atomic E-state index is 6.05. The maximum atomic E-state index is 6.05. The van der Waals surface area contributed by atoms with Crippen molar-refractivity contribution >= 4 is 0 Å². The molecule has 0 radical (unpaired) electrons. The summed E-state index contributed by atoms with van der Waals surface area (Å²) in [5, 5.41) is 0. The molecule has 0 amide bonds. The van der Waals surface area contributed by atoms with E-state index in [0.717, 1.165) is 5.92 Å². The first-order valence-corrected chi connectivity index (χ1v) is 4.10. The van der Waals surface area contributed by atoms with Crippen molar-refractivity contribution in [1.82, 2.24) is 0 Å². The molecule has 2 N–H and O–H groups in total. The van der Waals surface area contributed by atoms with E-state index in [1.54, 1.807) is 0 Å². The molecule has 0 aromatic heterocycles. The van der Waals surface area contributed by atoms with Gasteiger partial charge in [0.15, 0.2) is 0 Å². The molecule has 0 aromatic carbocycles. The van der Waals surface area contributed by atoms with Gasteiger partial charge in [-0.15, -0.1) is 0 Å². The zero-order chi connectivity index (χ0) is 6.32. The highest BCUT2D eigenvalue weighted by atomic mass is 14.9. The molecule has 1 nitrogen and oxygen atoms in total. The molecule has 0 bridgehead atoms. The first kappa shape index (κ1) is 5.72. The summed E-state index contributed by atoms with van der Waals surface area (Å²) in [5.74, 6) is 0.917. The maximum Gasteiger partial charge on any atom is 0.0186 e. The van der Waals surface area contributed by atoms with Crippen molar-refractivity contribution in [2.75, 3.05) is 0 Å². The van der Waals surface area contributed by atoms with Crippen LogP contribution in [0.15, 0.2) is 0 Å². The fourth-order valence-corrected chi connectivity index (χ4v) is 2.12. The summed E-state index contributed by atoms with van der Waals surface area (Å²) in [6.07, 6.45) is 8.28. The summed E-state index contributed by atoms with van der Waals surface area (Å²) in [6.45, 7) is 0. The molecule has 2 rings (SSSR count). The first-order valence-electron chi connectivity index (χ1n) is 4.10. The Kier molecular flexibility index (Phi) is 1.10. The summed E-state index contributed by atoms with van der Waals surface area (Å²) in [6, 6.07) is 0. The fourth-order valence-electron chi connectivity index (χ4n) is 2.12. The Labute approximate surface area is 56.6 Å². The summed E-state index contributed by atoms with van der Waals surface area (Å²) in [5.41, 5.74) is 6.38. The molecule has 0 saturated heterocycles. The molecule has 2 fully saturated rings. The Morgan fingerprint density at radius 2 is 2.11 bits per heavy atom. The molecule has 0 unspecified atom stereocenters. The van der Waals surface area contributed by atoms with Crippen LogP contribution in [-0.4, -0.2) is 5.54 Å². The molecular weight excluding hydrogens is 110 g/mol. The van der Waals surface area contributed by atoms with Gasteiger partial charge in [0, 0.05) is 5.54 Å². The van der Waals surface area contributed by atoms with Crippen LogP contribution in [0.4, 0.5) is 0 Å². The van der Waals surface area contributed by atoms with Crippen molar-refractivity contribution in [1.29, 1.82) is 0 Å². The van der Waals surface area contributed by atoms with Crippen molar-refractivity contribution < 1.29 is 0 Å². The van der Waals surface area contributed by atoms with Gasteiger partial charge in [-0.1, -0.05) is 19.3 Å². The molecule has 2 aliphatic rings. The van der Waals surface area contributed by atoms with Crippen LogP contribution < -0.4 is 5.73 Å². The third kappa shape index (κ3) is 0.877. The topological polar surface area (TPSA) is 26.0 Å². The van der Waals surface area contributed by atoms with Gasteiger partial charge < -0.3 is 5.73 Å². The van der Waals surface area contributed by atoms with E-state index in [1.165, 1.54) is 38.5 Å². The predicted molar refractivity (Wildman–Crippen MR) is 38.1 cm³/mol. The zero-order valence-electron chi connectivity index (χ0n) is 5.90. The lowest BCUT2D eigenvalue weighted by atomic mass is 10.1. The Hall–Kier alpha value is -0.0400. The van der Waals surface area contributed by atoms with Crippen LogP contribution in [0, 0.1) is 5.92 Å². The number of hydrogen-bond donors (Lipinski definition) is 1. The Bertz CT molecular complexity index is 122. The Morgan fingerprint density at radius 1 is 1.22 bits per heavy atom. The fraction of sp³-hybridized carbons (Fsp3) is 1.00. The SMILES string of the molecule is N[C@]12CCCCC[C@H]1C2. The molecule has 0 aromatic rings. The molecular formula is C8H15N. The van der Waals surface area contributed by atoms with E-state index < -0.39 is 0 Å². The molecule has 0 spiro atoms.